The molecule has 4 rings (SSSR count). The van der Waals surface area contributed by atoms with Gasteiger partial charge >= 0.3 is 5.97 Å². The zero-order chi connectivity index (χ0) is 18.5. The number of esters is 1. The van der Waals surface area contributed by atoms with Gasteiger partial charge in [0.2, 0.25) is 0 Å². The van der Waals surface area contributed by atoms with Gasteiger partial charge in [0.05, 0.1) is 5.41 Å². The van der Waals surface area contributed by atoms with Gasteiger partial charge in [-0.15, -0.1) is 0 Å². The van der Waals surface area contributed by atoms with E-state index >= 15 is 0 Å². The monoisotopic (exact) mass is 368 g/mol. The minimum absolute atomic E-state index is 0.107. The molecule has 3 aliphatic carbocycles. The van der Waals surface area contributed by atoms with E-state index in [9.17, 15) is 4.79 Å². The topological polar surface area (TPSA) is 26.3 Å². The highest BCUT2D eigenvalue weighted by atomic mass is 16.5. The van der Waals surface area contributed by atoms with Crippen molar-refractivity contribution in [3.63, 3.8) is 0 Å². The van der Waals surface area contributed by atoms with Crippen molar-refractivity contribution in [2.24, 2.45) is 23.2 Å². The highest BCUT2D eigenvalue weighted by Gasteiger charge is 2.55. The predicted molar refractivity (Wildman–Crippen MR) is 110 cm³/mol. The Balaban J connectivity index is 1.66. The summed E-state index contributed by atoms with van der Waals surface area (Å²) in [5.74, 6) is 2.66. The number of carbonyl (C=O) groups is 1. The molecule has 0 amide bonds. The molecule has 2 unspecified atom stereocenters. The summed E-state index contributed by atoms with van der Waals surface area (Å²) in [5, 5.41) is 0. The summed E-state index contributed by atoms with van der Waals surface area (Å²) in [7, 11) is 0. The molecular weight excluding hydrogens is 332 g/mol. The molecular formula is C25H36O2. The normalized spacial score (nSPS) is 30.7. The van der Waals surface area contributed by atoms with Crippen LogP contribution < -0.4 is 4.74 Å². The molecule has 0 aliphatic heterocycles. The summed E-state index contributed by atoms with van der Waals surface area (Å²) in [6.07, 6.45) is 17.9. The molecule has 0 heterocycles. The van der Waals surface area contributed by atoms with E-state index in [1.807, 2.05) is 30.3 Å². The Hall–Kier alpha value is -1.31. The predicted octanol–water partition coefficient (Wildman–Crippen LogP) is 6.93. The average molecular weight is 369 g/mol. The molecule has 0 saturated heterocycles. The van der Waals surface area contributed by atoms with E-state index in [1.54, 1.807) is 0 Å². The largest absolute Gasteiger partial charge is 0.426 e. The second-order valence-electron chi connectivity index (χ2n) is 9.33. The van der Waals surface area contributed by atoms with E-state index < -0.39 is 0 Å². The van der Waals surface area contributed by atoms with E-state index in [2.05, 4.69) is 0 Å². The third-order valence-electron chi connectivity index (χ3n) is 7.90. The van der Waals surface area contributed by atoms with Crippen LogP contribution in [0.4, 0.5) is 0 Å². The molecule has 2 nitrogen and oxygen atoms in total. The molecule has 0 N–H and O–H groups in total. The van der Waals surface area contributed by atoms with Crippen LogP contribution in [0.5, 0.6) is 5.75 Å². The Morgan fingerprint density at radius 1 is 0.778 bits per heavy atom. The number of ether oxygens (including phenoxy) is 1. The number of para-hydroxylation sites is 1. The minimum atomic E-state index is -0.226. The lowest BCUT2D eigenvalue weighted by molar-refractivity contribution is -0.163. The quantitative estimate of drug-likeness (QED) is 0.425. The minimum Gasteiger partial charge on any atom is -0.426 e. The summed E-state index contributed by atoms with van der Waals surface area (Å²) in [6, 6.07) is 9.79. The smallest absolute Gasteiger partial charge is 0.318 e. The van der Waals surface area contributed by atoms with E-state index in [-0.39, 0.29) is 11.4 Å². The van der Waals surface area contributed by atoms with Gasteiger partial charge in [-0.05, 0) is 55.6 Å². The van der Waals surface area contributed by atoms with Gasteiger partial charge in [-0.1, -0.05) is 82.4 Å². The third-order valence-corrected chi connectivity index (χ3v) is 7.90. The molecule has 0 aromatic heterocycles. The Kier molecular flexibility index (Phi) is 6.20. The molecule has 2 atom stereocenters. The van der Waals surface area contributed by atoms with Gasteiger partial charge in [0.1, 0.15) is 5.75 Å². The van der Waals surface area contributed by atoms with Crippen LogP contribution >= 0.6 is 0 Å². The van der Waals surface area contributed by atoms with Crippen molar-refractivity contribution < 1.29 is 9.53 Å². The fraction of sp³-hybridized carbons (Fsp3) is 0.720. The number of hydrogen-bond donors (Lipinski definition) is 0. The Bertz CT molecular complexity index is 598. The van der Waals surface area contributed by atoms with Crippen LogP contribution in [0.25, 0.3) is 0 Å². The van der Waals surface area contributed by atoms with Crippen LogP contribution in [0.2, 0.25) is 0 Å². The average Bonchev–Trinajstić information content (AvgIpc) is 2.75. The van der Waals surface area contributed by atoms with Crippen molar-refractivity contribution in [3.05, 3.63) is 30.3 Å². The van der Waals surface area contributed by atoms with Crippen LogP contribution in [-0.4, -0.2) is 5.97 Å². The summed E-state index contributed by atoms with van der Waals surface area (Å²) < 4.78 is 6.09. The summed E-state index contributed by atoms with van der Waals surface area (Å²) in [5.41, 5.74) is -0.226. The van der Waals surface area contributed by atoms with Crippen LogP contribution in [0.3, 0.4) is 0 Å². The standard InChI is InChI=1S/C25H36O2/c26-24(27-22-16-8-3-9-17-22)25(21-14-6-2-7-15-21)19-11-10-18-23(25)20-12-4-1-5-13-20/h3,8-9,16-17,20-21,23H,1-2,4-7,10-15,18-19H2. The summed E-state index contributed by atoms with van der Waals surface area (Å²) in [6.45, 7) is 0. The van der Waals surface area contributed by atoms with Gasteiger partial charge in [-0.2, -0.15) is 0 Å². The van der Waals surface area contributed by atoms with Crippen molar-refractivity contribution in [3.8, 4) is 5.75 Å². The van der Waals surface area contributed by atoms with Crippen molar-refractivity contribution in [2.45, 2.75) is 89.9 Å². The van der Waals surface area contributed by atoms with Gasteiger partial charge < -0.3 is 4.74 Å². The molecule has 1 aromatic rings. The number of rotatable bonds is 4. The van der Waals surface area contributed by atoms with E-state index in [4.69, 9.17) is 4.74 Å². The van der Waals surface area contributed by atoms with Crippen LogP contribution in [-0.2, 0) is 4.79 Å². The molecule has 27 heavy (non-hydrogen) atoms. The first-order valence-electron chi connectivity index (χ1n) is 11.6. The first-order chi connectivity index (χ1) is 13.3. The Labute approximate surface area is 165 Å². The van der Waals surface area contributed by atoms with Gasteiger partial charge in [0.15, 0.2) is 0 Å². The van der Waals surface area contributed by atoms with Gasteiger partial charge in [0.25, 0.3) is 0 Å². The molecule has 3 fully saturated rings. The molecule has 2 heteroatoms. The van der Waals surface area contributed by atoms with Gasteiger partial charge in [-0.3, -0.25) is 4.79 Å². The Morgan fingerprint density at radius 2 is 1.41 bits per heavy atom. The van der Waals surface area contributed by atoms with Crippen LogP contribution in [0.1, 0.15) is 89.9 Å². The number of hydrogen-bond acceptors (Lipinski definition) is 2. The summed E-state index contributed by atoms with van der Waals surface area (Å²) in [4.78, 5) is 13.8. The highest BCUT2D eigenvalue weighted by Crippen LogP contribution is 2.56. The SMILES string of the molecule is O=C(Oc1ccccc1)C1(C2CCCCC2)CCCCC1C1CCCCC1. The van der Waals surface area contributed by atoms with E-state index in [0.29, 0.717) is 11.8 Å². The maximum atomic E-state index is 13.8. The highest BCUT2D eigenvalue weighted by molar-refractivity contribution is 5.80. The molecule has 1 aromatic carbocycles. The number of carbonyl (C=O) groups excluding carboxylic acids is 1. The lowest BCUT2D eigenvalue weighted by Gasteiger charge is -2.51. The lowest BCUT2D eigenvalue weighted by atomic mass is 9.52. The van der Waals surface area contributed by atoms with Crippen molar-refractivity contribution in [1.82, 2.24) is 0 Å². The molecule has 3 aliphatic rings. The second-order valence-corrected chi connectivity index (χ2v) is 9.33. The maximum Gasteiger partial charge on any atom is 0.318 e. The Morgan fingerprint density at radius 3 is 2.11 bits per heavy atom. The van der Waals surface area contributed by atoms with E-state index in [1.165, 1.54) is 83.5 Å². The molecule has 148 valence electrons. The third kappa shape index (κ3) is 3.96. The van der Waals surface area contributed by atoms with Crippen LogP contribution in [0.15, 0.2) is 30.3 Å². The van der Waals surface area contributed by atoms with Crippen molar-refractivity contribution >= 4 is 5.97 Å². The lowest BCUT2D eigenvalue weighted by Crippen LogP contribution is -2.52. The zero-order valence-corrected chi connectivity index (χ0v) is 16.8. The summed E-state index contributed by atoms with van der Waals surface area (Å²) >= 11 is 0. The maximum absolute atomic E-state index is 13.8. The first-order valence-corrected chi connectivity index (χ1v) is 11.6. The fourth-order valence-corrected chi connectivity index (χ4v) is 6.65. The number of benzene rings is 1. The second kappa shape index (κ2) is 8.80. The molecule has 3 saturated carbocycles. The molecule has 0 bridgehead atoms. The van der Waals surface area contributed by atoms with Crippen LogP contribution in [0, 0.1) is 23.2 Å². The van der Waals surface area contributed by atoms with Gasteiger partial charge in [0, 0.05) is 0 Å². The van der Waals surface area contributed by atoms with Crippen molar-refractivity contribution in [2.75, 3.05) is 0 Å². The fourth-order valence-electron chi connectivity index (χ4n) is 6.65. The van der Waals surface area contributed by atoms with Gasteiger partial charge in [-0.25, -0.2) is 0 Å². The molecule has 0 spiro atoms. The molecule has 0 radical (unpaired) electrons. The van der Waals surface area contributed by atoms with Crippen molar-refractivity contribution in [1.29, 1.82) is 0 Å². The van der Waals surface area contributed by atoms with E-state index in [0.717, 1.165) is 18.1 Å². The zero-order valence-electron chi connectivity index (χ0n) is 16.8. The first kappa shape index (κ1) is 19.0.